The molecule has 0 radical (unpaired) electrons. The highest BCUT2D eigenvalue weighted by Crippen LogP contribution is 2.32. The van der Waals surface area contributed by atoms with Gasteiger partial charge < -0.3 is 15.0 Å². The van der Waals surface area contributed by atoms with E-state index in [9.17, 15) is 22.4 Å². The fraction of sp³-hybridized carbons (Fsp3) is 0.312. The van der Waals surface area contributed by atoms with Gasteiger partial charge in [0.1, 0.15) is 23.7 Å². The van der Waals surface area contributed by atoms with E-state index in [1.807, 2.05) is 49.9 Å². The van der Waals surface area contributed by atoms with Crippen molar-refractivity contribution in [1.29, 1.82) is 0 Å². The number of rotatable bonds is 8. The van der Waals surface area contributed by atoms with Crippen LogP contribution in [0.2, 0.25) is 0 Å². The number of carbonyl (C=O) groups is 1. The zero-order valence-corrected chi connectivity index (χ0v) is 24.5. The van der Waals surface area contributed by atoms with Crippen molar-refractivity contribution in [2.75, 3.05) is 11.4 Å². The van der Waals surface area contributed by atoms with E-state index in [4.69, 9.17) is 0 Å². The van der Waals surface area contributed by atoms with Crippen LogP contribution < -0.4 is 15.0 Å². The fourth-order valence-corrected chi connectivity index (χ4v) is 5.17. The summed E-state index contributed by atoms with van der Waals surface area (Å²) in [6, 6.07) is 16.8. The van der Waals surface area contributed by atoms with Gasteiger partial charge in [-0.15, -0.1) is 18.3 Å². The zero-order chi connectivity index (χ0) is 31.4. The van der Waals surface area contributed by atoms with Crippen molar-refractivity contribution in [2.24, 2.45) is 4.99 Å². The first-order chi connectivity index (χ1) is 21.0. The van der Waals surface area contributed by atoms with Crippen molar-refractivity contribution in [3.63, 3.8) is 0 Å². The van der Waals surface area contributed by atoms with Gasteiger partial charge in [-0.05, 0) is 72.4 Å². The number of alkyl halides is 3. The van der Waals surface area contributed by atoms with Gasteiger partial charge in [0, 0.05) is 24.2 Å². The highest BCUT2D eigenvalue weighted by molar-refractivity contribution is 6.05. The van der Waals surface area contributed by atoms with Crippen molar-refractivity contribution in [2.45, 2.75) is 58.4 Å². The van der Waals surface area contributed by atoms with Crippen LogP contribution in [0.1, 0.15) is 63.1 Å². The third-order valence-electron chi connectivity index (χ3n) is 7.33. The van der Waals surface area contributed by atoms with Crippen LogP contribution >= 0.6 is 0 Å². The molecule has 4 aromatic rings. The number of benzene rings is 3. The second-order valence-electron chi connectivity index (χ2n) is 10.7. The Morgan fingerprint density at radius 2 is 1.80 bits per heavy atom. The lowest BCUT2D eigenvalue weighted by atomic mass is 10.0. The molecule has 2 heterocycles. The van der Waals surface area contributed by atoms with E-state index >= 15 is 0 Å². The quantitative estimate of drug-likeness (QED) is 0.205. The molecule has 1 saturated heterocycles. The molecule has 1 N–H and O–H groups in total. The number of nitrogens with one attached hydrogen (secondary N) is 1. The highest BCUT2D eigenvalue weighted by Gasteiger charge is 2.31. The van der Waals surface area contributed by atoms with E-state index in [0.29, 0.717) is 36.7 Å². The second-order valence-corrected chi connectivity index (χ2v) is 10.7. The molecule has 1 aliphatic heterocycles. The number of hydrogen-bond acceptors (Lipinski definition) is 4. The third-order valence-corrected chi connectivity index (χ3v) is 7.33. The van der Waals surface area contributed by atoms with Gasteiger partial charge in [0.2, 0.25) is 0 Å². The Morgan fingerprint density at radius 1 is 1.07 bits per heavy atom. The second kappa shape index (κ2) is 12.9. The molecule has 2 amide bonds. The van der Waals surface area contributed by atoms with E-state index in [2.05, 4.69) is 25.1 Å². The molecule has 5 rings (SSSR count). The molecule has 1 unspecified atom stereocenters. The Labute approximate surface area is 252 Å². The van der Waals surface area contributed by atoms with Crippen molar-refractivity contribution >= 4 is 17.6 Å². The van der Waals surface area contributed by atoms with E-state index in [1.165, 1.54) is 41.3 Å². The molecule has 0 spiro atoms. The predicted octanol–water partition coefficient (Wildman–Crippen LogP) is 7.96. The summed E-state index contributed by atoms with van der Waals surface area (Å²) in [5, 5.41) is 7.44. The Morgan fingerprint density at radius 3 is 2.45 bits per heavy atom. The summed E-state index contributed by atoms with van der Waals surface area (Å²) in [5.41, 5.74) is 3.88. The van der Waals surface area contributed by atoms with Crippen LogP contribution in [-0.4, -0.2) is 39.5 Å². The molecule has 12 heteroatoms. The van der Waals surface area contributed by atoms with E-state index in [0.717, 1.165) is 28.8 Å². The van der Waals surface area contributed by atoms with Gasteiger partial charge in [-0.1, -0.05) is 45.0 Å². The van der Waals surface area contributed by atoms with Gasteiger partial charge in [-0.25, -0.2) is 18.9 Å². The number of hydrogen-bond donors (Lipinski definition) is 1. The summed E-state index contributed by atoms with van der Waals surface area (Å²) < 4.78 is 56.6. The molecule has 1 aromatic heterocycles. The smallest absolute Gasteiger partial charge is 0.406 e. The molecule has 1 fully saturated rings. The average molecular weight is 609 g/mol. The highest BCUT2D eigenvalue weighted by atomic mass is 19.4. The fourth-order valence-electron chi connectivity index (χ4n) is 5.17. The normalized spacial score (nSPS) is 15.2. The topological polar surface area (TPSA) is 84.6 Å². The maximum atomic E-state index is 13.9. The Hall–Kier alpha value is -4.74. The van der Waals surface area contributed by atoms with Crippen LogP contribution in [0.15, 0.2) is 78.0 Å². The first-order valence-electron chi connectivity index (χ1n) is 14.3. The monoisotopic (exact) mass is 608 g/mol. The summed E-state index contributed by atoms with van der Waals surface area (Å²) in [5.74, 6) is 0.585. The number of amides is 2. The molecule has 0 bridgehead atoms. The molecule has 0 aliphatic carbocycles. The minimum absolute atomic E-state index is 0.112. The van der Waals surface area contributed by atoms with Crippen molar-refractivity contribution in [1.82, 2.24) is 20.1 Å². The lowest BCUT2D eigenvalue weighted by molar-refractivity contribution is -0.274. The molecule has 44 heavy (non-hydrogen) atoms. The number of aliphatic imine (C=N–C) groups is 1. The number of urea groups is 1. The van der Waals surface area contributed by atoms with Gasteiger partial charge in [0.25, 0.3) is 0 Å². The number of halogens is 4. The molecule has 0 saturated carbocycles. The number of carbonyl (C=O) groups excluding carboxylic acids is 1. The molecule has 1 atom stereocenters. The van der Waals surface area contributed by atoms with Crippen LogP contribution in [0, 0.1) is 5.82 Å². The summed E-state index contributed by atoms with van der Waals surface area (Å²) in [6.07, 6.45) is -1.16. The SMILES string of the molecule is CCC(NC(=O)N=C1CCCN1c1ccc(F)cc1C(C)C)c1ccc(-c2ncn(-c3ccc(OC(F)(F)F)cc3)n2)cc1. The van der Waals surface area contributed by atoms with Crippen molar-refractivity contribution in [3.8, 4) is 22.8 Å². The van der Waals surface area contributed by atoms with Crippen LogP contribution in [0.5, 0.6) is 5.75 Å². The standard InChI is InChI=1S/C32H32F4N6O2/c1-4-27(38-31(43)39-29-6-5-17-41(29)28-16-11-23(33)18-26(28)20(2)3)21-7-9-22(10-8-21)30-37-19-42(40-30)24-12-14-25(15-13-24)44-32(34,35)36/h7-16,18-20,27H,4-6,17H2,1-3H3,(H,38,43). The van der Waals surface area contributed by atoms with E-state index in [-0.39, 0.29) is 23.5 Å². The molecular formula is C32H32F4N6O2. The lowest BCUT2D eigenvalue weighted by Gasteiger charge is -2.24. The number of aromatic nitrogens is 3. The van der Waals surface area contributed by atoms with Gasteiger partial charge in [-0.3, -0.25) is 0 Å². The number of ether oxygens (including phenoxy) is 1. The van der Waals surface area contributed by atoms with E-state index in [1.54, 1.807) is 12.1 Å². The molecule has 230 valence electrons. The first kappa shape index (κ1) is 30.7. The molecule has 3 aromatic carbocycles. The minimum atomic E-state index is -4.76. The van der Waals surface area contributed by atoms with Gasteiger partial charge >= 0.3 is 12.4 Å². The average Bonchev–Trinajstić information content (AvgIpc) is 3.66. The van der Waals surface area contributed by atoms with Crippen LogP contribution in [0.3, 0.4) is 0 Å². The maximum Gasteiger partial charge on any atom is 0.573 e. The Kier molecular flexibility index (Phi) is 8.98. The Bertz CT molecular complexity index is 1630. The van der Waals surface area contributed by atoms with Gasteiger partial charge in [0.15, 0.2) is 5.82 Å². The molecular weight excluding hydrogens is 576 g/mol. The summed E-state index contributed by atoms with van der Waals surface area (Å²) in [4.78, 5) is 23.8. The summed E-state index contributed by atoms with van der Waals surface area (Å²) >= 11 is 0. The van der Waals surface area contributed by atoms with Crippen LogP contribution in [0.25, 0.3) is 17.1 Å². The largest absolute Gasteiger partial charge is 0.573 e. The summed E-state index contributed by atoms with van der Waals surface area (Å²) in [7, 11) is 0. The minimum Gasteiger partial charge on any atom is -0.406 e. The first-order valence-corrected chi connectivity index (χ1v) is 14.3. The lowest BCUT2D eigenvalue weighted by Crippen LogP contribution is -2.30. The van der Waals surface area contributed by atoms with Crippen LogP contribution in [0.4, 0.5) is 28.0 Å². The third kappa shape index (κ3) is 7.24. The van der Waals surface area contributed by atoms with E-state index < -0.39 is 12.4 Å². The maximum absolute atomic E-state index is 13.9. The molecule has 8 nitrogen and oxygen atoms in total. The van der Waals surface area contributed by atoms with Crippen molar-refractivity contribution < 1.29 is 27.1 Å². The zero-order valence-electron chi connectivity index (χ0n) is 24.5. The Balaban J connectivity index is 1.26. The van der Waals surface area contributed by atoms with Crippen LogP contribution in [-0.2, 0) is 0 Å². The predicted molar refractivity (Wildman–Crippen MR) is 160 cm³/mol. The summed E-state index contributed by atoms with van der Waals surface area (Å²) in [6.45, 7) is 6.69. The molecule has 1 aliphatic rings. The number of anilines is 1. The number of nitrogens with zero attached hydrogens (tertiary/aromatic N) is 5. The van der Waals surface area contributed by atoms with Crippen molar-refractivity contribution in [3.05, 3.63) is 90.0 Å². The van der Waals surface area contributed by atoms with Gasteiger partial charge in [0.05, 0.1) is 11.7 Å². The number of amidine groups is 1. The van der Waals surface area contributed by atoms with Gasteiger partial charge in [-0.2, -0.15) is 4.99 Å².